The molecule has 0 aliphatic heterocycles. The van der Waals surface area contributed by atoms with E-state index in [-0.39, 0.29) is 11.8 Å². The van der Waals surface area contributed by atoms with E-state index in [1.807, 2.05) is 25.1 Å². The van der Waals surface area contributed by atoms with Gasteiger partial charge in [0.2, 0.25) is 5.91 Å². The number of fused-ring (bicyclic) bond motifs is 1. The highest BCUT2D eigenvalue weighted by Gasteiger charge is 2.39. The normalized spacial score (nSPS) is 22.7. The molecule has 0 unspecified atom stereocenters. The number of aryl methyl sites for hydroxylation is 1. The zero-order chi connectivity index (χ0) is 12.0. The van der Waals surface area contributed by atoms with Crippen LogP contribution >= 0.6 is 11.3 Å². The maximum Gasteiger partial charge on any atom is 0.227 e. The number of aromatic nitrogens is 1. The number of carbonyl (C=O) groups is 1. The zero-order valence-electron chi connectivity index (χ0n) is 9.86. The van der Waals surface area contributed by atoms with Gasteiger partial charge < -0.3 is 5.32 Å². The average Bonchev–Trinajstić information content (AvgIpc) is 2.87. The predicted molar refractivity (Wildman–Crippen MR) is 70.3 cm³/mol. The Morgan fingerprint density at radius 1 is 1.53 bits per heavy atom. The quantitative estimate of drug-likeness (QED) is 0.884. The van der Waals surface area contributed by atoms with Crippen LogP contribution in [0.25, 0.3) is 10.2 Å². The molecular weight excluding hydrogens is 232 g/mol. The first kappa shape index (κ1) is 10.7. The summed E-state index contributed by atoms with van der Waals surface area (Å²) >= 11 is 1.66. The lowest BCUT2D eigenvalue weighted by atomic mass is 10.2. The number of nitrogens with zero attached hydrogens (tertiary/aromatic N) is 1. The van der Waals surface area contributed by atoms with E-state index in [1.54, 1.807) is 11.3 Å². The Morgan fingerprint density at radius 2 is 2.29 bits per heavy atom. The summed E-state index contributed by atoms with van der Waals surface area (Å²) in [6.45, 7) is 4.11. The molecule has 1 aliphatic rings. The first-order valence-corrected chi connectivity index (χ1v) is 6.63. The fourth-order valence-electron chi connectivity index (χ4n) is 2.04. The molecule has 0 bridgehead atoms. The van der Waals surface area contributed by atoms with Crippen LogP contribution < -0.4 is 5.32 Å². The van der Waals surface area contributed by atoms with Gasteiger partial charge in [-0.1, -0.05) is 6.92 Å². The molecule has 1 fully saturated rings. The molecule has 1 amide bonds. The monoisotopic (exact) mass is 246 g/mol. The number of nitrogens with one attached hydrogen (secondary N) is 1. The molecule has 2 atom stereocenters. The number of amides is 1. The van der Waals surface area contributed by atoms with Crippen LogP contribution in [0.1, 0.15) is 18.4 Å². The van der Waals surface area contributed by atoms with Gasteiger partial charge in [-0.25, -0.2) is 4.98 Å². The van der Waals surface area contributed by atoms with E-state index in [0.717, 1.165) is 27.3 Å². The summed E-state index contributed by atoms with van der Waals surface area (Å²) in [4.78, 5) is 16.2. The Labute approximate surface area is 104 Å². The molecule has 3 nitrogen and oxygen atoms in total. The van der Waals surface area contributed by atoms with E-state index in [9.17, 15) is 4.79 Å². The van der Waals surface area contributed by atoms with E-state index >= 15 is 0 Å². The van der Waals surface area contributed by atoms with Crippen molar-refractivity contribution in [1.82, 2.24) is 4.98 Å². The van der Waals surface area contributed by atoms with Crippen LogP contribution in [0.15, 0.2) is 18.2 Å². The molecule has 0 saturated heterocycles. The predicted octanol–water partition coefficient (Wildman–Crippen LogP) is 3.20. The number of carbonyl (C=O) groups excluding carboxylic acids is 1. The van der Waals surface area contributed by atoms with Gasteiger partial charge in [0.25, 0.3) is 0 Å². The number of rotatable bonds is 2. The summed E-state index contributed by atoms with van der Waals surface area (Å²) in [5.74, 6) is 0.913. The molecule has 4 heteroatoms. The fraction of sp³-hybridized carbons (Fsp3) is 0.385. The van der Waals surface area contributed by atoms with Crippen LogP contribution in [-0.4, -0.2) is 10.9 Å². The van der Waals surface area contributed by atoms with Crippen molar-refractivity contribution in [2.75, 3.05) is 5.32 Å². The van der Waals surface area contributed by atoms with Gasteiger partial charge >= 0.3 is 0 Å². The molecule has 1 aromatic heterocycles. The summed E-state index contributed by atoms with van der Waals surface area (Å²) in [6.07, 6.45) is 1.02. The molecule has 0 spiro atoms. The van der Waals surface area contributed by atoms with Crippen molar-refractivity contribution in [2.24, 2.45) is 11.8 Å². The Morgan fingerprint density at radius 3 is 3.00 bits per heavy atom. The highest BCUT2D eigenvalue weighted by atomic mass is 32.1. The van der Waals surface area contributed by atoms with Gasteiger partial charge in [-0.05, 0) is 37.5 Å². The largest absolute Gasteiger partial charge is 0.326 e. The van der Waals surface area contributed by atoms with Crippen LogP contribution in [0.3, 0.4) is 0 Å². The minimum atomic E-state index is 0.151. The lowest BCUT2D eigenvalue weighted by Gasteiger charge is -2.03. The van der Waals surface area contributed by atoms with Crippen LogP contribution in [0.4, 0.5) is 5.69 Å². The SMILES string of the molecule is Cc1nc2ccc(NC(=O)[C@@H]3C[C@H]3C)cc2s1. The Bertz CT molecular complexity index is 590. The van der Waals surface area contributed by atoms with E-state index in [2.05, 4.69) is 17.2 Å². The third-order valence-electron chi connectivity index (χ3n) is 3.21. The second kappa shape index (κ2) is 3.81. The van der Waals surface area contributed by atoms with Crippen molar-refractivity contribution in [1.29, 1.82) is 0 Å². The van der Waals surface area contributed by atoms with Crippen LogP contribution in [0.5, 0.6) is 0 Å². The molecular formula is C13H14N2OS. The molecule has 1 N–H and O–H groups in total. The summed E-state index contributed by atoms with van der Waals surface area (Å²) < 4.78 is 1.13. The van der Waals surface area contributed by atoms with Crippen molar-refractivity contribution in [2.45, 2.75) is 20.3 Å². The fourth-order valence-corrected chi connectivity index (χ4v) is 2.91. The maximum atomic E-state index is 11.8. The second-order valence-corrected chi connectivity index (χ2v) is 5.96. The third kappa shape index (κ3) is 2.05. The molecule has 2 aromatic rings. The average molecular weight is 246 g/mol. The van der Waals surface area contributed by atoms with E-state index in [1.165, 1.54) is 0 Å². The van der Waals surface area contributed by atoms with Crippen LogP contribution in [0, 0.1) is 18.8 Å². The molecule has 1 aliphatic carbocycles. The van der Waals surface area contributed by atoms with Crippen molar-refractivity contribution in [3.05, 3.63) is 23.2 Å². The number of benzene rings is 1. The van der Waals surface area contributed by atoms with Gasteiger partial charge in [-0.15, -0.1) is 11.3 Å². The first-order valence-electron chi connectivity index (χ1n) is 5.81. The Balaban J connectivity index is 1.83. The molecule has 0 radical (unpaired) electrons. The molecule has 1 aromatic carbocycles. The van der Waals surface area contributed by atoms with Gasteiger partial charge in [0, 0.05) is 11.6 Å². The van der Waals surface area contributed by atoms with E-state index < -0.39 is 0 Å². The summed E-state index contributed by atoms with van der Waals surface area (Å²) in [7, 11) is 0. The number of hydrogen-bond acceptors (Lipinski definition) is 3. The van der Waals surface area contributed by atoms with Crippen molar-refractivity contribution >= 4 is 33.1 Å². The Kier molecular flexibility index (Phi) is 2.40. The molecule has 1 heterocycles. The van der Waals surface area contributed by atoms with E-state index in [0.29, 0.717) is 5.92 Å². The van der Waals surface area contributed by atoms with Crippen molar-refractivity contribution in [3.8, 4) is 0 Å². The summed E-state index contributed by atoms with van der Waals surface area (Å²) in [6, 6.07) is 5.89. The second-order valence-electron chi connectivity index (χ2n) is 4.72. The van der Waals surface area contributed by atoms with Crippen LogP contribution in [-0.2, 0) is 4.79 Å². The van der Waals surface area contributed by atoms with Gasteiger partial charge in [0.15, 0.2) is 0 Å². The molecule has 3 rings (SSSR count). The highest BCUT2D eigenvalue weighted by Crippen LogP contribution is 2.38. The number of anilines is 1. The number of thiazole rings is 1. The smallest absolute Gasteiger partial charge is 0.227 e. The van der Waals surface area contributed by atoms with Crippen molar-refractivity contribution in [3.63, 3.8) is 0 Å². The van der Waals surface area contributed by atoms with Gasteiger partial charge in [0.1, 0.15) is 0 Å². The lowest BCUT2D eigenvalue weighted by Crippen LogP contribution is -2.14. The minimum Gasteiger partial charge on any atom is -0.326 e. The maximum absolute atomic E-state index is 11.8. The highest BCUT2D eigenvalue weighted by molar-refractivity contribution is 7.18. The number of hydrogen-bond donors (Lipinski definition) is 1. The van der Waals surface area contributed by atoms with Gasteiger partial charge in [-0.3, -0.25) is 4.79 Å². The molecule has 17 heavy (non-hydrogen) atoms. The van der Waals surface area contributed by atoms with Crippen LogP contribution in [0.2, 0.25) is 0 Å². The molecule has 88 valence electrons. The topological polar surface area (TPSA) is 42.0 Å². The summed E-state index contributed by atoms with van der Waals surface area (Å²) in [5, 5.41) is 4.03. The molecule has 1 saturated carbocycles. The van der Waals surface area contributed by atoms with E-state index in [4.69, 9.17) is 0 Å². The van der Waals surface area contributed by atoms with Gasteiger partial charge in [-0.2, -0.15) is 0 Å². The Hall–Kier alpha value is -1.42. The van der Waals surface area contributed by atoms with Crippen molar-refractivity contribution < 1.29 is 4.79 Å². The zero-order valence-corrected chi connectivity index (χ0v) is 10.7. The lowest BCUT2D eigenvalue weighted by molar-refractivity contribution is -0.117. The third-order valence-corrected chi connectivity index (χ3v) is 4.14. The first-order chi connectivity index (χ1) is 8.13. The van der Waals surface area contributed by atoms with Gasteiger partial charge in [0.05, 0.1) is 15.2 Å². The minimum absolute atomic E-state index is 0.151. The summed E-state index contributed by atoms with van der Waals surface area (Å²) in [5.41, 5.74) is 1.88. The standard InChI is InChI=1S/C13H14N2OS/c1-7-5-10(7)13(16)15-9-3-4-11-12(6-9)17-8(2)14-11/h3-4,6-7,10H,5H2,1-2H3,(H,15,16)/t7-,10-/m1/s1.